The minimum Gasteiger partial charge on any atom is -0.350 e. The van der Waals surface area contributed by atoms with E-state index in [4.69, 9.17) is 0 Å². The van der Waals surface area contributed by atoms with Gasteiger partial charge in [-0.25, -0.2) is 4.98 Å². The Hall–Kier alpha value is -2.30. The first-order valence-corrected chi connectivity index (χ1v) is 8.54. The number of aliphatic imine (C=N–C) groups is 1. The zero-order chi connectivity index (χ0) is 20.2. The van der Waals surface area contributed by atoms with Crippen molar-refractivity contribution in [2.24, 2.45) is 4.99 Å². The van der Waals surface area contributed by atoms with E-state index >= 15 is 0 Å². The number of hydrogen-bond donors (Lipinski definition) is 2. The van der Waals surface area contributed by atoms with Gasteiger partial charge in [-0.15, -0.1) is 11.3 Å². The second-order valence-electron chi connectivity index (χ2n) is 5.54. The maximum atomic E-state index is 12.8. The summed E-state index contributed by atoms with van der Waals surface area (Å²) in [6, 6.07) is 4.34. The average Bonchev–Trinajstić information content (AvgIpc) is 3.07. The number of rotatable bonds is 4. The number of nitrogens with one attached hydrogen (secondary N) is 2. The molecule has 0 saturated heterocycles. The molecule has 2 N–H and O–H groups in total. The monoisotopic (exact) mass is 410 g/mol. The van der Waals surface area contributed by atoms with E-state index in [0.717, 1.165) is 28.8 Å². The summed E-state index contributed by atoms with van der Waals surface area (Å²) >= 11 is 0.847. The van der Waals surface area contributed by atoms with Crippen molar-refractivity contribution in [3.63, 3.8) is 0 Å². The van der Waals surface area contributed by atoms with Crippen molar-refractivity contribution in [2.45, 2.75) is 31.9 Å². The maximum Gasteiger partial charge on any atom is 0.434 e. The molecule has 1 unspecified atom stereocenters. The minimum atomic E-state index is -4.51. The van der Waals surface area contributed by atoms with Crippen LogP contribution in [0, 0.1) is 0 Å². The molecule has 148 valence electrons. The minimum absolute atomic E-state index is 0.00424. The third-order valence-corrected chi connectivity index (χ3v) is 4.39. The molecular formula is C16H16F6N4S. The van der Waals surface area contributed by atoms with Crippen LogP contribution in [-0.2, 0) is 18.9 Å². The molecule has 0 radical (unpaired) electrons. The highest BCUT2D eigenvalue weighted by atomic mass is 32.1. The number of halogens is 6. The van der Waals surface area contributed by atoms with Gasteiger partial charge in [-0.05, 0) is 24.6 Å². The maximum absolute atomic E-state index is 12.8. The number of guanidine groups is 1. The van der Waals surface area contributed by atoms with Crippen molar-refractivity contribution in [2.75, 3.05) is 7.05 Å². The quantitative estimate of drug-likeness (QED) is 0.440. The van der Waals surface area contributed by atoms with E-state index in [1.165, 1.54) is 19.2 Å². The zero-order valence-electron chi connectivity index (χ0n) is 14.2. The smallest absolute Gasteiger partial charge is 0.350 e. The fourth-order valence-electron chi connectivity index (χ4n) is 2.15. The number of benzene rings is 1. The van der Waals surface area contributed by atoms with Crippen LogP contribution in [0.2, 0.25) is 0 Å². The van der Waals surface area contributed by atoms with Crippen LogP contribution in [0.5, 0.6) is 0 Å². The van der Waals surface area contributed by atoms with Gasteiger partial charge in [0.15, 0.2) is 11.7 Å². The molecule has 0 bridgehead atoms. The summed E-state index contributed by atoms with van der Waals surface area (Å²) in [4.78, 5) is 7.41. The molecule has 0 fully saturated rings. The van der Waals surface area contributed by atoms with Crippen molar-refractivity contribution >= 4 is 17.3 Å². The van der Waals surface area contributed by atoms with E-state index in [2.05, 4.69) is 20.6 Å². The highest BCUT2D eigenvalue weighted by Gasteiger charge is 2.33. The molecule has 1 heterocycles. The second-order valence-corrected chi connectivity index (χ2v) is 6.48. The van der Waals surface area contributed by atoms with Crippen LogP contribution >= 0.6 is 11.3 Å². The largest absolute Gasteiger partial charge is 0.434 e. The lowest BCUT2D eigenvalue weighted by molar-refractivity contribution is -0.141. The third kappa shape index (κ3) is 5.84. The Morgan fingerprint density at radius 1 is 1.19 bits per heavy atom. The van der Waals surface area contributed by atoms with Crippen molar-refractivity contribution < 1.29 is 26.3 Å². The lowest BCUT2D eigenvalue weighted by Gasteiger charge is -2.19. The van der Waals surface area contributed by atoms with Crippen LogP contribution in [0.25, 0.3) is 0 Å². The lowest BCUT2D eigenvalue weighted by Crippen LogP contribution is -2.38. The van der Waals surface area contributed by atoms with Crippen molar-refractivity contribution in [3.05, 3.63) is 51.5 Å². The first-order valence-electron chi connectivity index (χ1n) is 7.66. The number of nitrogens with zero attached hydrogens (tertiary/aromatic N) is 2. The van der Waals surface area contributed by atoms with Gasteiger partial charge < -0.3 is 10.6 Å². The molecule has 1 aromatic heterocycles. The molecule has 0 aliphatic carbocycles. The summed E-state index contributed by atoms with van der Waals surface area (Å²) < 4.78 is 76.1. The Labute approximate surface area is 155 Å². The van der Waals surface area contributed by atoms with Crippen LogP contribution in [0.4, 0.5) is 26.3 Å². The summed E-state index contributed by atoms with van der Waals surface area (Å²) in [5.41, 5.74) is -1.34. The van der Waals surface area contributed by atoms with E-state index in [9.17, 15) is 26.3 Å². The highest BCUT2D eigenvalue weighted by molar-refractivity contribution is 7.09. The van der Waals surface area contributed by atoms with E-state index in [-0.39, 0.29) is 17.5 Å². The fourth-order valence-corrected chi connectivity index (χ4v) is 2.89. The molecule has 27 heavy (non-hydrogen) atoms. The van der Waals surface area contributed by atoms with Gasteiger partial charge in [0.25, 0.3) is 0 Å². The highest BCUT2D eigenvalue weighted by Crippen LogP contribution is 2.31. The summed E-state index contributed by atoms with van der Waals surface area (Å²) in [6.45, 7) is 1.64. The van der Waals surface area contributed by atoms with Crippen LogP contribution in [0.15, 0.2) is 34.6 Å². The van der Waals surface area contributed by atoms with Crippen molar-refractivity contribution in [1.82, 2.24) is 15.6 Å². The van der Waals surface area contributed by atoms with Gasteiger partial charge >= 0.3 is 12.4 Å². The fraction of sp³-hybridized carbons (Fsp3) is 0.375. The molecule has 0 spiro atoms. The van der Waals surface area contributed by atoms with E-state index < -0.39 is 29.7 Å². The van der Waals surface area contributed by atoms with Gasteiger partial charge in [0.2, 0.25) is 0 Å². The first kappa shape index (κ1) is 21.0. The van der Waals surface area contributed by atoms with E-state index in [1.54, 1.807) is 6.92 Å². The standard InChI is InChI=1S/C16H16F6N4S/c1-9(10-4-3-5-11(6-10)15(17,18)19)25-14(23-2)24-7-13-26-12(8-27-13)16(20,21)22/h3-6,8-9H,7H2,1-2H3,(H2,23,24,25). The molecule has 0 aliphatic heterocycles. The SMILES string of the molecule is CN=C(NCc1nc(C(F)(F)F)cs1)NC(C)c1cccc(C(F)(F)F)c1. The lowest BCUT2D eigenvalue weighted by atomic mass is 10.1. The summed E-state index contributed by atoms with van der Waals surface area (Å²) in [7, 11) is 1.44. The third-order valence-electron chi connectivity index (χ3n) is 3.54. The van der Waals surface area contributed by atoms with Gasteiger partial charge in [0, 0.05) is 12.4 Å². The molecular weight excluding hydrogens is 394 g/mol. The second kappa shape index (κ2) is 8.15. The van der Waals surface area contributed by atoms with Crippen LogP contribution in [0.3, 0.4) is 0 Å². The number of hydrogen-bond acceptors (Lipinski definition) is 3. The summed E-state index contributed by atoms with van der Waals surface area (Å²) in [5, 5.41) is 6.81. The van der Waals surface area contributed by atoms with Gasteiger partial charge in [0.1, 0.15) is 5.01 Å². The molecule has 1 atom stereocenters. The van der Waals surface area contributed by atoms with Gasteiger partial charge in [-0.3, -0.25) is 4.99 Å². The Kier molecular flexibility index (Phi) is 6.34. The number of aromatic nitrogens is 1. The van der Waals surface area contributed by atoms with Gasteiger partial charge in [0.05, 0.1) is 18.2 Å². The molecule has 2 aromatic rings. The average molecular weight is 410 g/mol. The molecule has 0 saturated carbocycles. The van der Waals surface area contributed by atoms with Crippen molar-refractivity contribution in [1.29, 1.82) is 0 Å². The summed E-state index contributed by atoms with van der Waals surface area (Å²) in [5.74, 6) is 0.226. The molecule has 4 nitrogen and oxygen atoms in total. The predicted octanol–water partition coefficient (Wildman–Crippen LogP) is 4.61. The topological polar surface area (TPSA) is 49.3 Å². The van der Waals surface area contributed by atoms with Crippen LogP contribution < -0.4 is 10.6 Å². The molecule has 1 aromatic carbocycles. The zero-order valence-corrected chi connectivity index (χ0v) is 15.1. The summed E-state index contributed by atoms with van der Waals surface area (Å²) in [6.07, 6.45) is -8.95. The Morgan fingerprint density at radius 3 is 2.44 bits per heavy atom. The van der Waals surface area contributed by atoms with Gasteiger partial charge in [-0.2, -0.15) is 26.3 Å². The molecule has 0 amide bonds. The van der Waals surface area contributed by atoms with Crippen LogP contribution in [-0.4, -0.2) is 18.0 Å². The number of thiazole rings is 1. The Balaban J connectivity index is 2.00. The molecule has 0 aliphatic rings. The molecule has 2 rings (SSSR count). The first-order chi connectivity index (χ1) is 12.5. The normalized spacial score (nSPS) is 14.1. The van der Waals surface area contributed by atoms with E-state index in [0.29, 0.717) is 5.56 Å². The van der Waals surface area contributed by atoms with Gasteiger partial charge in [-0.1, -0.05) is 12.1 Å². The Bertz CT molecular complexity index is 797. The van der Waals surface area contributed by atoms with E-state index in [1.807, 2.05) is 0 Å². The Morgan fingerprint density at radius 2 is 1.89 bits per heavy atom. The van der Waals surface area contributed by atoms with Crippen LogP contribution in [0.1, 0.15) is 34.8 Å². The predicted molar refractivity (Wildman–Crippen MR) is 90.3 cm³/mol. The number of alkyl halides is 6. The van der Waals surface area contributed by atoms with Crippen molar-refractivity contribution in [3.8, 4) is 0 Å². The molecule has 11 heteroatoms.